The SMILES string of the molecule is Cc1nn(C)c(C)c1CCCNC(=O)N1CCC[C@H]1CO. The van der Waals surface area contributed by atoms with E-state index in [1.54, 1.807) is 4.90 Å². The van der Waals surface area contributed by atoms with Gasteiger partial charge in [-0.25, -0.2) is 4.79 Å². The number of likely N-dealkylation sites (tertiary alicyclic amines) is 1. The number of carbonyl (C=O) groups excluding carboxylic acids is 1. The number of rotatable bonds is 5. The van der Waals surface area contributed by atoms with E-state index in [4.69, 9.17) is 0 Å². The number of nitrogens with one attached hydrogen (secondary N) is 1. The standard InChI is InChI=1S/C15H26N4O2/c1-11-14(12(2)18(3)17-11)7-4-8-16-15(21)19-9-5-6-13(19)10-20/h13,20H,4-10H2,1-3H3,(H,16,21)/t13-/m0/s1. The van der Waals surface area contributed by atoms with Crippen LogP contribution < -0.4 is 5.32 Å². The summed E-state index contributed by atoms with van der Waals surface area (Å²) in [6, 6.07) is -0.0565. The molecule has 21 heavy (non-hydrogen) atoms. The molecule has 1 fully saturated rings. The maximum absolute atomic E-state index is 12.1. The molecule has 0 aromatic carbocycles. The van der Waals surface area contributed by atoms with E-state index in [1.165, 1.54) is 11.3 Å². The Morgan fingerprint density at radius 3 is 2.86 bits per heavy atom. The first-order valence-electron chi connectivity index (χ1n) is 7.69. The molecule has 1 saturated heterocycles. The minimum atomic E-state index is -0.0498. The van der Waals surface area contributed by atoms with Gasteiger partial charge in [0.05, 0.1) is 18.3 Å². The molecule has 0 unspecified atom stereocenters. The van der Waals surface area contributed by atoms with Crippen molar-refractivity contribution in [3.8, 4) is 0 Å². The molecule has 1 aliphatic heterocycles. The fourth-order valence-electron chi connectivity index (χ4n) is 3.03. The van der Waals surface area contributed by atoms with Crippen molar-refractivity contribution in [2.75, 3.05) is 19.7 Å². The minimum Gasteiger partial charge on any atom is -0.394 e. The zero-order valence-corrected chi connectivity index (χ0v) is 13.2. The predicted octanol–water partition coefficient (Wildman–Crippen LogP) is 1.14. The fraction of sp³-hybridized carbons (Fsp3) is 0.733. The van der Waals surface area contributed by atoms with Gasteiger partial charge in [0.15, 0.2) is 0 Å². The summed E-state index contributed by atoms with van der Waals surface area (Å²) in [5.74, 6) is 0. The summed E-state index contributed by atoms with van der Waals surface area (Å²) < 4.78 is 1.90. The summed E-state index contributed by atoms with van der Waals surface area (Å²) in [6.45, 7) is 5.56. The van der Waals surface area contributed by atoms with Crippen molar-refractivity contribution < 1.29 is 9.90 Å². The van der Waals surface area contributed by atoms with Gasteiger partial charge in [-0.3, -0.25) is 4.68 Å². The van der Waals surface area contributed by atoms with Crippen LogP contribution in [0, 0.1) is 13.8 Å². The average molecular weight is 294 g/mol. The highest BCUT2D eigenvalue weighted by Gasteiger charge is 2.27. The van der Waals surface area contributed by atoms with Gasteiger partial charge in [0, 0.05) is 25.8 Å². The second kappa shape index (κ2) is 6.93. The van der Waals surface area contributed by atoms with Gasteiger partial charge in [-0.1, -0.05) is 0 Å². The van der Waals surface area contributed by atoms with Gasteiger partial charge in [0.1, 0.15) is 0 Å². The summed E-state index contributed by atoms with van der Waals surface area (Å²) >= 11 is 0. The van der Waals surface area contributed by atoms with E-state index in [2.05, 4.69) is 17.3 Å². The van der Waals surface area contributed by atoms with Crippen LogP contribution in [-0.4, -0.2) is 51.6 Å². The maximum atomic E-state index is 12.1. The third-order valence-electron chi connectivity index (χ3n) is 4.39. The normalized spacial score (nSPS) is 18.3. The first-order chi connectivity index (χ1) is 10.0. The van der Waals surface area contributed by atoms with Crippen LogP contribution in [0.15, 0.2) is 0 Å². The fourth-order valence-corrected chi connectivity index (χ4v) is 3.03. The highest BCUT2D eigenvalue weighted by atomic mass is 16.3. The Morgan fingerprint density at radius 2 is 2.24 bits per heavy atom. The minimum absolute atomic E-state index is 0.00666. The molecule has 2 rings (SSSR count). The molecule has 6 heteroatoms. The van der Waals surface area contributed by atoms with E-state index in [9.17, 15) is 9.90 Å². The highest BCUT2D eigenvalue weighted by molar-refractivity contribution is 5.74. The Bertz CT molecular complexity index is 498. The Balaban J connectivity index is 1.76. The zero-order valence-electron chi connectivity index (χ0n) is 13.2. The molecule has 0 bridgehead atoms. The van der Waals surface area contributed by atoms with Gasteiger partial charge >= 0.3 is 6.03 Å². The second-order valence-electron chi connectivity index (χ2n) is 5.78. The molecule has 1 aromatic heterocycles. The first-order valence-corrected chi connectivity index (χ1v) is 7.69. The van der Waals surface area contributed by atoms with Gasteiger partial charge < -0.3 is 15.3 Å². The molecule has 2 amide bonds. The van der Waals surface area contributed by atoms with Crippen molar-refractivity contribution in [3.05, 3.63) is 17.0 Å². The monoisotopic (exact) mass is 294 g/mol. The molecule has 0 aliphatic carbocycles. The lowest BCUT2D eigenvalue weighted by Gasteiger charge is -2.23. The Labute approximate surface area is 126 Å². The number of aryl methyl sites for hydroxylation is 2. The van der Waals surface area contributed by atoms with Crippen LogP contribution in [0.4, 0.5) is 4.79 Å². The summed E-state index contributed by atoms with van der Waals surface area (Å²) in [5, 5.41) is 16.6. The van der Waals surface area contributed by atoms with E-state index in [0.717, 1.165) is 37.9 Å². The van der Waals surface area contributed by atoms with E-state index < -0.39 is 0 Å². The number of nitrogens with zero attached hydrogens (tertiary/aromatic N) is 3. The smallest absolute Gasteiger partial charge is 0.317 e. The zero-order chi connectivity index (χ0) is 15.4. The molecule has 0 radical (unpaired) electrons. The third-order valence-corrected chi connectivity index (χ3v) is 4.39. The largest absolute Gasteiger partial charge is 0.394 e. The van der Waals surface area contributed by atoms with E-state index in [0.29, 0.717) is 6.54 Å². The van der Waals surface area contributed by atoms with E-state index in [1.807, 2.05) is 18.7 Å². The Morgan fingerprint density at radius 1 is 1.48 bits per heavy atom. The number of aromatic nitrogens is 2. The molecule has 2 heterocycles. The lowest BCUT2D eigenvalue weighted by Crippen LogP contribution is -2.44. The summed E-state index contributed by atoms with van der Waals surface area (Å²) in [4.78, 5) is 13.8. The van der Waals surface area contributed by atoms with Gasteiger partial charge in [-0.05, 0) is 45.1 Å². The van der Waals surface area contributed by atoms with Gasteiger partial charge in [0.2, 0.25) is 0 Å². The quantitative estimate of drug-likeness (QED) is 0.800. The molecule has 6 nitrogen and oxygen atoms in total. The first kappa shape index (κ1) is 15.8. The summed E-state index contributed by atoms with van der Waals surface area (Å²) in [5.41, 5.74) is 3.54. The number of hydrogen-bond acceptors (Lipinski definition) is 3. The lowest BCUT2D eigenvalue weighted by molar-refractivity contribution is 0.157. The van der Waals surface area contributed by atoms with Crippen molar-refractivity contribution in [2.24, 2.45) is 7.05 Å². The summed E-state index contributed by atoms with van der Waals surface area (Å²) in [6.07, 6.45) is 3.71. The van der Waals surface area contributed by atoms with Crippen LogP contribution in [0.3, 0.4) is 0 Å². The number of carbonyl (C=O) groups is 1. The number of amides is 2. The van der Waals surface area contributed by atoms with Crippen molar-refractivity contribution >= 4 is 6.03 Å². The van der Waals surface area contributed by atoms with Crippen LogP contribution in [0.1, 0.15) is 36.2 Å². The molecule has 0 saturated carbocycles. The number of urea groups is 1. The number of hydrogen-bond donors (Lipinski definition) is 2. The van der Waals surface area contributed by atoms with E-state index in [-0.39, 0.29) is 18.7 Å². The molecular formula is C15H26N4O2. The van der Waals surface area contributed by atoms with Gasteiger partial charge in [-0.15, -0.1) is 0 Å². The second-order valence-corrected chi connectivity index (χ2v) is 5.78. The van der Waals surface area contributed by atoms with Crippen LogP contribution >= 0.6 is 0 Å². The molecule has 118 valence electrons. The third kappa shape index (κ3) is 3.56. The number of aliphatic hydroxyl groups excluding tert-OH is 1. The molecule has 1 aromatic rings. The molecule has 0 spiro atoms. The Kier molecular flexibility index (Phi) is 5.22. The van der Waals surface area contributed by atoms with Crippen LogP contribution in [0.2, 0.25) is 0 Å². The van der Waals surface area contributed by atoms with Crippen LogP contribution in [-0.2, 0) is 13.5 Å². The maximum Gasteiger partial charge on any atom is 0.317 e. The van der Waals surface area contributed by atoms with Gasteiger partial charge in [0.25, 0.3) is 0 Å². The van der Waals surface area contributed by atoms with Crippen molar-refractivity contribution in [1.29, 1.82) is 0 Å². The Hall–Kier alpha value is -1.56. The predicted molar refractivity (Wildman–Crippen MR) is 81.2 cm³/mol. The van der Waals surface area contributed by atoms with Crippen molar-refractivity contribution in [2.45, 2.75) is 45.6 Å². The average Bonchev–Trinajstić information content (AvgIpc) is 3.02. The van der Waals surface area contributed by atoms with Crippen LogP contribution in [0.5, 0.6) is 0 Å². The molecule has 1 atom stereocenters. The molecular weight excluding hydrogens is 268 g/mol. The summed E-state index contributed by atoms with van der Waals surface area (Å²) in [7, 11) is 1.95. The molecule has 1 aliphatic rings. The van der Waals surface area contributed by atoms with Crippen molar-refractivity contribution in [1.82, 2.24) is 20.0 Å². The van der Waals surface area contributed by atoms with Crippen molar-refractivity contribution in [3.63, 3.8) is 0 Å². The van der Waals surface area contributed by atoms with E-state index >= 15 is 0 Å². The van der Waals surface area contributed by atoms with Crippen LogP contribution in [0.25, 0.3) is 0 Å². The topological polar surface area (TPSA) is 70.4 Å². The molecule has 2 N–H and O–H groups in total. The van der Waals surface area contributed by atoms with Gasteiger partial charge in [-0.2, -0.15) is 5.10 Å². The number of aliphatic hydroxyl groups is 1. The lowest BCUT2D eigenvalue weighted by atomic mass is 10.1. The highest BCUT2D eigenvalue weighted by Crippen LogP contribution is 2.16.